The predicted octanol–water partition coefficient (Wildman–Crippen LogP) is 1.11. The van der Waals surface area contributed by atoms with Crippen molar-refractivity contribution in [1.29, 1.82) is 0 Å². The van der Waals surface area contributed by atoms with Crippen molar-refractivity contribution in [2.75, 3.05) is 33.8 Å². The molecule has 0 bridgehead atoms. The highest BCUT2D eigenvalue weighted by molar-refractivity contribution is 5.98. The Balaban J connectivity index is 2.41. The van der Waals surface area contributed by atoms with Gasteiger partial charge in [-0.25, -0.2) is 0 Å². The summed E-state index contributed by atoms with van der Waals surface area (Å²) in [5, 5.41) is 0. The summed E-state index contributed by atoms with van der Waals surface area (Å²) in [6, 6.07) is 2.02. The van der Waals surface area contributed by atoms with Gasteiger partial charge in [-0.2, -0.15) is 0 Å². The van der Waals surface area contributed by atoms with E-state index in [2.05, 4.69) is 0 Å². The molecular formula is C17H27N3O2. The first kappa shape index (κ1) is 16.8. The molecule has 22 heavy (non-hydrogen) atoms. The number of likely N-dealkylation sites (N-methyl/N-ethyl adjacent to an activating group) is 1. The topological polar surface area (TPSA) is 81.6 Å². The Labute approximate surface area is 132 Å². The van der Waals surface area contributed by atoms with Crippen molar-refractivity contribution in [3.05, 3.63) is 28.3 Å². The highest BCUT2D eigenvalue weighted by atomic mass is 16.5. The third-order valence-corrected chi connectivity index (χ3v) is 4.17. The van der Waals surface area contributed by atoms with E-state index in [0.29, 0.717) is 30.9 Å². The fourth-order valence-corrected chi connectivity index (χ4v) is 3.11. The van der Waals surface area contributed by atoms with Crippen LogP contribution in [-0.2, 0) is 19.3 Å². The van der Waals surface area contributed by atoms with Gasteiger partial charge in [-0.3, -0.25) is 4.79 Å². The van der Waals surface area contributed by atoms with Crippen molar-refractivity contribution in [2.24, 2.45) is 11.5 Å². The van der Waals surface area contributed by atoms with Crippen LogP contribution < -0.4 is 16.2 Å². The molecule has 0 saturated heterocycles. The average molecular weight is 305 g/mol. The fourth-order valence-electron chi connectivity index (χ4n) is 3.11. The van der Waals surface area contributed by atoms with Crippen LogP contribution in [0.3, 0.4) is 0 Å². The lowest BCUT2D eigenvalue weighted by Gasteiger charge is -2.24. The second-order valence-corrected chi connectivity index (χ2v) is 6.13. The number of carbonyl (C=O) groups excluding carboxylic acids is 1. The number of ether oxygens (including phenoxy) is 1. The molecule has 0 unspecified atom stereocenters. The Morgan fingerprint density at radius 1 is 1.32 bits per heavy atom. The standard InChI is InChI=1S/C17H27N3O2/c1-20(2)9-10-22-15-11-12-5-3-4-6-13(12)14(7-8-18)16(15)17(19)21/h11H,3-10,18H2,1-2H3,(H2,19,21). The van der Waals surface area contributed by atoms with Crippen LogP contribution in [0.25, 0.3) is 0 Å². The number of aryl methyl sites for hydroxylation is 1. The molecule has 0 fully saturated rings. The van der Waals surface area contributed by atoms with Crippen LogP contribution in [0, 0.1) is 0 Å². The second kappa shape index (κ2) is 7.61. The van der Waals surface area contributed by atoms with E-state index in [1.807, 2.05) is 25.1 Å². The van der Waals surface area contributed by atoms with Crippen LogP contribution in [0.15, 0.2) is 6.07 Å². The summed E-state index contributed by atoms with van der Waals surface area (Å²) in [5.74, 6) is 0.204. The lowest BCUT2D eigenvalue weighted by atomic mass is 9.84. The summed E-state index contributed by atoms with van der Waals surface area (Å²) in [6.07, 6.45) is 5.05. The highest BCUT2D eigenvalue weighted by Gasteiger charge is 2.23. The molecule has 5 nitrogen and oxygen atoms in total. The Morgan fingerprint density at radius 2 is 2.05 bits per heavy atom. The maximum Gasteiger partial charge on any atom is 0.252 e. The van der Waals surface area contributed by atoms with Crippen molar-refractivity contribution in [3.63, 3.8) is 0 Å². The number of benzene rings is 1. The molecule has 0 heterocycles. The monoisotopic (exact) mass is 305 g/mol. The zero-order valence-corrected chi connectivity index (χ0v) is 13.7. The van der Waals surface area contributed by atoms with Gasteiger partial charge in [0.25, 0.3) is 5.91 Å². The Hall–Kier alpha value is -1.59. The van der Waals surface area contributed by atoms with Crippen molar-refractivity contribution >= 4 is 5.91 Å². The molecule has 4 N–H and O–H groups in total. The zero-order valence-electron chi connectivity index (χ0n) is 13.7. The van der Waals surface area contributed by atoms with E-state index >= 15 is 0 Å². The number of hydrogen-bond donors (Lipinski definition) is 2. The Kier molecular flexibility index (Phi) is 5.80. The van der Waals surface area contributed by atoms with E-state index in [9.17, 15) is 4.79 Å². The number of fused-ring (bicyclic) bond motifs is 1. The predicted molar refractivity (Wildman–Crippen MR) is 88.4 cm³/mol. The summed E-state index contributed by atoms with van der Waals surface area (Å²) in [4.78, 5) is 14.0. The molecule has 0 spiro atoms. The average Bonchev–Trinajstić information content (AvgIpc) is 2.46. The van der Waals surface area contributed by atoms with E-state index in [4.69, 9.17) is 16.2 Å². The summed E-state index contributed by atoms with van der Waals surface area (Å²) in [5.41, 5.74) is 15.5. The van der Waals surface area contributed by atoms with Crippen LogP contribution in [0.1, 0.15) is 39.9 Å². The molecule has 1 aromatic rings. The van der Waals surface area contributed by atoms with Crippen LogP contribution in [0.4, 0.5) is 0 Å². The number of nitrogens with two attached hydrogens (primary N) is 2. The van der Waals surface area contributed by atoms with Gasteiger partial charge in [0.1, 0.15) is 12.4 Å². The lowest BCUT2D eigenvalue weighted by molar-refractivity contribution is 0.0995. The Morgan fingerprint density at radius 3 is 2.68 bits per heavy atom. The largest absolute Gasteiger partial charge is 0.491 e. The van der Waals surface area contributed by atoms with Crippen LogP contribution in [0.2, 0.25) is 0 Å². The third-order valence-electron chi connectivity index (χ3n) is 4.17. The smallest absolute Gasteiger partial charge is 0.252 e. The van der Waals surface area contributed by atoms with Crippen molar-refractivity contribution in [1.82, 2.24) is 4.90 Å². The second-order valence-electron chi connectivity index (χ2n) is 6.13. The van der Waals surface area contributed by atoms with Gasteiger partial charge in [-0.15, -0.1) is 0 Å². The first-order chi connectivity index (χ1) is 10.5. The van der Waals surface area contributed by atoms with E-state index < -0.39 is 5.91 Å². The molecule has 1 amide bonds. The van der Waals surface area contributed by atoms with Gasteiger partial charge in [-0.05, 0) is 75.5 Å². The number of nitrogens with zero attached hydrogens (tertiary/aromatic N) is 1. The van der Waals surface area contributed by atoms with Crippen molar-refractivity contribution in [3.8, 4) is 5.75 Å². The number of primary amides is 1. The molecule has 0 aliphatic heterocycles. The number of carbonyl (C=O) groups is 1. The molecule has 5 heteroatoms. The molecule has 122 valence electrons. The van der Waals surface area contributed by atoms with Gasteiger partial charge in [0, 0.05) is 6.54 Å². The van der Waals surface area contributed by atoms with Crippen molar-refractivity contribution in [2.45, 2.75) is 32.1 Å². The van der Waals surface area contributed by atoms with Gasteiger partial charge < -0.3 is 21.1 Å². The maximum atomic E-state index is 12.0. The van der Waals surface area contributed by atoms with Gasteiger partial charge in [0.05, 0.1) is 5.56 Å². The number of hydrogen-bond acceptors (Lipinski definition) is 4. The van der Waals surface area contributed by atoms with E-state index in [0.717, 1.165) is 31.4 Å². The van der Waals surface area contributed by atoms with E-state index in [-0.39, 0.29) is 0 Å². The SMILES string of the molecule is CN(C)CCOc1cc2c(c(CCN)c1C(N)=O)CCCC2. The Bertz CT molecular complexity index is 541. The van der Waals surface area contributed by atoms with Gasteiger partial charge in [0.15, 0.2) is 0 Å². The van der Waals surface area contributed by atoms with Crippen LogP contribution in [-0.4, -0.2) is 44.6 Å². The number of amides is 1. The summed E-state index contributed by atoms with van der Waals surface area (Å²) >= 11 is 0. The molecule has 1 aliphatic rings. The van der Waals surface area contributed by atoms with Crippen molar-refractivity contribution < 1.29 is 9.53 Å². The fraction of sp³-hybridized carbons (Fsp3) is 0.588. The third kappa shape index (κ3) is 3.78. The quantitative estimate of drug-likeness (QED) is 0.790. The van der Waals surface area contributed by atoms with Gasteiger partial charge >= 0.3 is 0 Å². The molecule has 0 radical (unpaired) electrons. The van der Waals surface area contributed by atoms with Gasteiger partial charge in [0.2, 0.25) is 0 Å². The lowest BCUT2D eigenvalue weighted by Crippen LogP contribution is -2.24. The molecule has 0 aromatic heterocycles. The highest BCUT2D eigenvalue weighted by Crippen LogP contribution is 2.34. The zero-order chi connectivity index (χ0) is 16.1. The van der Waals surface area contributed by atoms with E-state index in [1.165, 1.54) is 17.5 Å². The first-order valence-corrected chi connectivity index (χ1v) is 7.99. The number of rotatable bonds is 7. The molecule has 0 saturated carbocycles. The summed E-state index contributed by atoms with van der Waals surface area (Å²) < 4.78 is 5.88. The molecular weight excluding hydrogens is 278 g/mol. The van der Waals surface area contributed by atoms with Crippen LogP contribution in [0.5, 0.6) is 5.75 Å². The minimum atomic E-state index is -0.420. The minimum absolute atomic E-state index is 0.420. The normalized spacial score (nSPS) is 14.0. The van der Waals surface area contributed by atoms with Gasteiger partial charge in [-0.1, -0.05) is 0 Å². The molecule has 1 aliphatic carbocycles. The van der Waals surface area contributed by atoms with E-state index in [1.54, 1.807) is 0 Å². The summed E-state index contributed by atoms with van der Waals surface area (Å²) in [6.45, 7) is 1.84. The maximum absolute atomic E-state index is 12.0. The molecule has 1 aromatic carbocycles. The first-order valence-electron chi connectivity index (χ1n) is 7.99. The minimum Gasteiger partial charge on any atom is -0.491 e. The molecule has 0 atom stereocenters. The van der Waals surface area contributed by atoms with Crippen LogP contribution >= 0.6 is 0 Å². The summed E-state index contributed by atoms with van der Waals surface area (Å²) in [7, 11) is 3.98. The molecule has 2 rings (SSSR count).